The number of pyridine rings is 1. The van der Waals surface area contributed by atoms with E-state index in [9.17, 15) is 9.59 Å². The number of aromatic nitrogens is 1. The van der Waals surface area contributed by atoms with Crippen LogP contribution in [0.4, 0.5) is 0 Å². The Morgan fingerprint density at radius 2 is 1.33 bits per heavy atom. The van der Waals surface area contributed by atoms with Gasteiger partial charge in [-0.2, -0.15) is 0 Å². The average Bonchev–Trinajstić information content (AvgIpc) is 2.98. The number of ether oxygens (including phenoxy) is 2. The van der Waals surface area contributed by atoms with Crippen LogP contribution in [0.15, 0.2) is 102 Å². The van der Waals surface area contributed by atoms with Crippen molar-refractivity contribution in [2.45, 2.75) is 20.0 Å². The molecule has 6 heteroatoms. The molecule has 0 N–H and O–H groups in total. The number of hydrogen-bond donors (Lipinski definition) is 0. The van der Waals surface area contributed by atoms with Gasteiger partial charge in [-0.25, -0.2) is 14.2 Å². The highest BCUT2D eigenvalue weighted by molar-refractivity contribution is 5.90. The lowest BCUT2D eigenvalue weighted by molar-refractivity contribution is -0.688. The number of esters is 2. The smallest absolute Gasteiger partial charge is 0.337 e. The number of methoxy groups -OCH3 is 2. The number of hydrogen-bond acceptors (Lipinski definition) is 5. The maximum Gasteiger partial charge on any atom is 0.337 e. The van der Waals surface area contributed by atoms with E-state index in [1.165, 1.54) is 14.2 Å². The summed E-state index contributed by atoms with van der Waals surface area (Å²) in [5.41, 5.74) is 7.53. The molecule has 6 nitrogen and oxygen atoms in total. The molecule has 0 aliphatic heterocycles. The van der Waals surface area contributed by atoms with E-state index in [4.69, 9.17) is 9.47 Å². The predicted molar refractivity (Wildman–Crippen MR) is 153 cm³/mol. The average molecular weight is 520 g/mol. The summed E-state index contributed by atoms with van der Waals surface area (Å²) in [6.45, 7) is 3.22. The number of nitrogens with zero attached hydrogens (tertiary/aromatic N) is 2. The van der Waals surface area contributed by atoms with Gasteiger partial charge in [0.25, 0.3) is 0 Å². The molecular weight excluding hydrogens is 488 g/mol. The molecule has 0 amide bonds. The number of benzene rings is 3. The predicted octanol–water partition coefficient (Wildman–Crippen LogP) is 5.91. The van der Waals surface area contributed by atoms with Crippen LogP contribution in [0.3, 0.4) is 0 Å². The van der Waals surface area contributed by atoms with Crippen molar-refractivity contribution in [1.82, 2.24) is 0 Å². The monoisotopic (exact) mass is 519 g/mol. The van der Waals surface area contributed by atoms with E-state index >= 15 is 0 Å². The van der Waals surface area contributed by atoms with Crippen LogP contribution in [0, 0.1) is 0 Å². The normalized spacial score (nSPS) is 11.2. The van der Waals surface area contributed by atoms with Crippen LogP contribution >= 0.6 is 0 Å². The lowest BCUT2D eigenvalue weighted by atomic mass is 9.99. The second-order valence-electron chi connectivity index (χ2n) is 8.95. The van der Waals surface area contributed by atoms with Crippen LogP contribution in [-0.2, 0) is 22.6 Å². The van der Waals surface area contributed by atoms with Gasteiger partial charge in [0.15, 0.2) is 18.9 Å². The molecule has 0 aliphatic carbocycles. The van der Waals surface area contributed by atoms with Gasteiger partial charge in [0, 0.05) is 23.9 Å². The standard InChI is InChI=1S/C33H31N2O4/c1-4-5-29-20-30(14-15-31(29)22-34-21-24-6-10-27(11-7-24)32(36)38-2)26-16-18-35(19-17-26)23-25-8-12-28(13-9-25)33(37)39-3/h4-20,22H,21,23H2,1-3H3/q+1/b5-4-,34-22?. The van der Waals surface area contributed by atoms with E-state index in [1.807, 2.05) is 43.5 Å². The van der Waals surface area contributed by atoms with Gasteiger partial charge in [-0.15, -0.1) is 0 Å². The maximum absolute atomic E-state index is 11.6. The topological polar surface area (TPSA) is 68.8 Å². The lowest BCUT2D eigenvalue weighted by Crippen LogP contribution is -2.33. The van der Waals surface area contributed by atoms with Crippen LogP contribution in [0.5, 0.6) is 0 Å². The summed E-state index contributed by atoms with van der Waals surface area (Å²) in [4.78, 5) is 27.9. The molecule has 0 atom stereocenters. The Morgan fingerprint density at radius 1 is 0.744 bits per heavy atom. The summed E-state index contributed by atoms with van der Waals surface area (Å²) in [7, 11) is 2.76. The summed E-state index contributed by atoms with van der Waals surface area (Å²) >= 11 is 0. The fourth-order valence-corrected chi connectivity index (χ4v) is 4.14. The fourth-order valence-electron chi connectivity index (χ4n) is 4.14. The molecule has 0 unspecified atom stereocenters. The minimum absolute atomic E-state index is 0.333. The van der Waals surface area contributed by atoms with E-state index in [1.54, 1.807) is 24.3 Å². The first kappa shape index (κ1) is 27.2. The Labute approximate surface area is 228 Å². The van der Waals surface area contributed by atoms with Crippen molar-refractivity contribution in [1.29, 1.82) is 0 Å². The molecule has 0 saturated heterocycles. The zero-order valence-corrected chi connectivity index (χ0v) is 22.3. The van der Waals surface area contributed by atoms with Gasteiger partial charge in [0.05, 0.1) is 31.9 Å². The summed E-state index contributed by atoms with van der Waals surface area (Å²) in [6, 6.07) is 25.3. The molecule has 0 aliphatic rings. The minimum Gasteiger partial charge on any atom is -0.465 e. The van der Waals surface area contributed by atoms with Crippen LogP contribution < -0.4 is 4.57 Å². The van der Waals surface area contributed by atoms with Crippen molar-refractivity contribution >= 4 is 24.2 Å². The Balaban J connectivity index is 1.44. The molecule has 4 aromatic rings. The molecule has 1 heterocycles. The zero-order valence-electron chi connectivity index (χ0n) is 22.3. The van der Waals surface area contributed by atoms with Gasteiger partial charge >= 0.3 is 11.9 Å². The second-order valence-corrected chi connectivity index (χ2v) is 8.95. The number of rotatable bonds is 9. The molecule has 0 radical (unpaired) electrons. The maximum atomic E-state index is 11.6. The van der Waals surface area contributed by atoms with Crippen LogP contribution in [0.1, 0.15) is 49.9 Å². The Morgan fingerprint density at radius 3 is 1.90 bits per heavy atom. The Hall–Kier alpha value is -4.84. The van der Waals surface area contributed by atoms with Crippen molar-refractivity contribution in [2.24, 2.45) is 4.99 Å². The largest absolute Gasteiger partial charge is 0.465 e. The molecule has 0 bridgehead atoms. The van der Waals surface area contributed by atoms with E-state index in [-0.39, 0.29) is 11.9 Å². The van der Waals surface area contributed by atoms with Crippen molar-refractivity contribution in [3.63, 3.8) is 0 Å². The summed E-state index contributed by atoms with van der Waals surface area (Å²) in [5.74, 6) is -0.680. The molecule has 0 fully saturated rings. The molecule has 0 spiro atoms. The SMILES string of the molecule is C/C=C\c1cc(-c2cc[n+](Cc3ccc(C(=O)OC)cc3)cc2)ccc1C=NCc1ccc(C(=O)OC)cc1. The summed E-state index contributed by atoms with van der Waals surface area (Å²) < 4.78 is 11.6. The molecule has 196 valence electrons. The van der Waals surface area contributed by atoms with E-state index in [2.05, 4.69) is 58.4 Å². The first-order valence-electron chi connectivity index (χ1n) is 12.6. The molecular formula is C33H31N2O4+. The number of carbonyl (C=O) groups excluding carboxylic acids is 2. The molecule has 39 heavy (non-hydrogen) atoms. The van der Waals surface area contributed by atoms with Crippen LogP contribution in [0.2, 0.25) is 0 Å². The summed E-state index contributed by atoms with van der Waals surface area (Å²) in [5, 5.41) is 0. The third kappa shape index (κ3) is 7.14. The van der Waals surface area contributed by atoms with E-state index in [0.717, 1.165) is 33.4 Å². The molecule has 0 saturated carbocycles. The third-order valence-corrected chi connectivity index (χ3v) is 6.28. The lowest BCUT2D eigenvalue weighted by Gasteiger charge is -2.07. The Bertz CT molecular complexity index is 1490. The molecule has 3 aromatic carbocycles. The number of allylic oxidation sites excluding steroid dienone is 1. The van der Waals surface area contributed by atoms with Crippen molar-refractivity contribution < 1.29 is 23.6 Å². The molecule has 1 aromatic heterocycles. The number of aliphatic imine (C=N–C) groups is 1. The quantitative estimate of drug-likeness (QED) is 0.157. The first-order valence-corrected chi connectivity index (χ1v) is 12.6. The summed E-state index contributed by atoms with van der Waals surface area (Å²) in [6.07, 6.45) is 10.1. The van der Waals surface area contributed by atoms with Crippen LogP contribution in [-0.4, -0.2) is 32.4 Å². The number of carbonyl (C=O) groups is 2. The molecule has 4 rings (SSSR count). The fraction of sp³-hybridized carbons (Fsp3) is 0.152. The highest BCUT2D eigenvalue weighted by Crippen LogP contribution is 2.22. The van der Waals surface area contributed by atoms with Crippen molar-refractivity contribution in [3.05, 3.63) is 131 Å². The van der Waals surface area contributed by atoms with Gasteiger partial charge in [0.1, 0.15) is 0 Å². The second kappa shape index (κ2) is 13.1. The van der Waals surface area contributed by atoms with E-state index in [0.29, 0.717) is 24.2 Å². The van der Waals surface area contributed by atoms with Crippen molar-refractivity contribution in [2.75, 3.05) is 14.2 Å². The van der Waals surface area contributed by atoms with Crippen molar-refractivity contribution in [3.8, 4) is 11.1 Å². The van der Waals surface area contributed by atoms with Crippen LogP contribution in [0.25, 0.3) is 17.2 Å². The van der Waals surface area contributed by atoms with Gasteiger partial charge < -0.3 is 9.47 Å². The first-order chi connectivity index (χ1) is 19.0. The third-order valence-electron chi connectivity index (χ3n) is 6.28. The Kier molecular flexibility index (Phi) is 9.14. The zero-order chi connectivity index (χ0) is 27.6. The van der Waals surface area contributed by atoms with Gasteiger partial charge in [-0.05, 0) is 65.1 Å². The highest BCUT2D eigenvalue weighted by Gasteiger charge is 2.09. The van der Waals surface area contributed by atoms with E-state index < -0.39 is 0 Å². The minimum atomic E-state index is -0.346. The van der Waals surface area contributed by atoms with Gasteiger partial charge in [-0.1, -0.05) is 48.6 Å². The highest BCUT2D eigenvalue weighted by atomic mass is 16.5. The van der Waals surface area contributed by atoms with Gasteiger partial charge in [0.2, 0.25) is 0 Å². The van der Waals surface area contributed by atoms with Gasteiger partial charge in [-0.3, -0.25) is 4.99 Å².